The van der Waals surface area contributed by atoms with Gasteiger partial charge in [0.25, 0.3) is 0 Å². The van der Waals surface area contributed by atoms with Crippen LogP contribution in [0.4, 0.5) is 5.69 Å². The van der Waals surface area contributed by atoms with Gasteiger partial charge in [-0.25, -0.2) is 0 Å². The van der Waals surface area contributed by atoms with E-state index in [0.717, 1.165) is 19.6 Å². The standard InChI is InChI=1S/C22H34N4O4/c1-7-26(8-2)13-14-29-18-15-16(9-10-17(18)28-6)23-19(27)11-12-20-24-21(25-30-20)22(3,4)5/h9-10,15H,7-8,11-14H2,1-6H3,(H,23,27). The summed E-state index contributed by atoms with van der Waals surface area (Å²) >= 11 is 0. The molecule has 1 aromatic heterocycles. The molecule has 0 bridgehead atoms. The Morgan fingerprint density at radius 2 is 1.93 bits per heavy atom. The molecule has 2 rings (SSSR count). The van der Waals surface area contributed by atoms with Crippen LogP contribution in [-0.4, -0.2) is 54.3 Å². The predicted octanol–water partition coefficient (Wildman–Crippen LogP) is 3.67. The van der Waals surface area contributed by atoms with E-state index in [1.54, 1.807) is 25.3 Å². The summed E-state index contributed by atoms with van der Waals surface area (Å²) in [5.74, 6) is 2.21. The molecule has 0 saturated carbocycles. The lowest BCUT2D eigenvalue weighted by atomic mass is 9.96. The van der Waals surface area contributed by atoms with Crippen molar-refractivity contribution in [2.45, 2.75) is 52.9 Å². The maximum Gasteiger partial charge on any atom is 0.227 e. The normalized spacial score (nSPS) is 11.6. The van der Waals surface area contributed by atoms with E-state index in [2.05, 4.69) is 34.2 Å². The number of hydrogen-bond acceptors (Lipinski definition) is 7. The number of carbonyl (C=O) groups is 1. The van der Waals surface area contributed by atoms with Crippen molar-refractivity contribution in [3.8, 4) is 11.5 Å². The van der Waals surface area contributed by atoms with Gasteiger partial charge in [0.2, 0.25) is 11.8 Å². The highest BCUT2D eigenvalue weighted by Gasteiger charge is 2.21. The first kappa shape index (κ1) is 23.7. The molecule has 0 unspecified atom stereocenters. The summed E-state index contributed by atoms with van der Waals surface area (Å²) in [7, 11) is 1.60. The van der Waals surface area contributed by atoms with E-state index in [0.29, 0.717) is 41.9 Å². The summed E-state index contributed by atoms with van der Waals surface area (Å²) < 4.78 is 16.5. The smallest absolute Gasteiger partial charge is 0.227 e. The van der Waals surface area contributed by atoms with Crippen LogP contribution in [0.5, 0.6) is 11.5 Å². The Bertz CT molecular complexity index is 810. The van der Waals surface area contributed by atoms with Crippen LogP contribution in [-0.2, 0) is 16.6 Å². The monoisotopic (exact) mass is 418 g/mol. The summed E-state index contributed by atoms with van der Waals surface area (Å²) in [6, 6.07) is 5.36. The number of hydrogen-bond donors (Lipinski definition) is 1. The second-order valence-electron chi connectivity index (χ2n) is 8.05. The van der Waals surface area contributed by atoms with Crippen molar-refractivity contribution in [3.63, 3.8) is 0 Å². The summed E-state index contributed by atoms with van der Waals surface area (Å²) in [5, 5.41) is 6.87. The van der Waals surface area contributed by atoms with Crippen molar-refractivity contribution in [2.75, 3.05) is 38.7 Å². The number of nitrogens with one attached hydrogen (secondary N) is 1. The third-order valence-corrected chi connectivity index (χ3v) is 4.71. The van der Waals surface area contributed by atoms with Crippen molar-refractivity contribution in [2.24, 2.45) is 0 Å². The minimum atomic E-state index is -0.186. The van der Waals surface area contributed by atoms with Crippen LogP contribution < -0.4 is 14.8 Å². The molecule has 0 saturated heterocycles. The minimum Gasteiger partial charge on any atom is -0.493 e. The Kier molecular flexibility index (Phi) is 8.65. The van der Waals surface area contributed by atoms with Crippen LogP contribution >= 0.6 is 0 Å². The average Bonchev–Trinajstić information content (AvgIpc) is 3.20. The van der Waals surface area contributed by atoms with Gasteiger partial charge in [0.15, 0.2) is 17.3 Å². The van der Waals surface area contributed by atoms with E-state index in [-0.39, 0.29) is 17.7 Å². The number of aromatic nitrogens is 2. The zero-order chi connectivity index (χ0) is 22.1. The highest BCUT2D eigenvalue weighted by atomic mass is 16.5. The second kappa shape index (κ2) is 11.0. The number of nitrogens with zero attached hydrogens (tertiary/aromatic N) is 3. The van der Waals surface area contributed by atoms with Crippen LogP contribution in [0.25, 0.3) is 0 Å². The summed E-state index contributed by atoms with van der Waals surface area (Å²) in [6.07, 6.45) is 0.633. The highest BCUT2D eigenvalue weighted by Crippen LogP contribution is 2.30. The molecule has 1 aromatic carbocycles. The van der Waals surface area contributed by atoms with Gasteiger partial charge >= 0.3 is 0 Å². The number of ether oxygens (including phenoxy) is 2. The van der Waals surface area contributed by atoms with E-state index in [4.69, 9.17) is 14.0 Å². The fraction of sp³-hybridized carbons (Fsp3) is 0.591. The zero-order valence-corrected chi connectivity index (χ0v) is 18.9. The van der Waals surface area contributed by atoms with Crippen molar-refractivity contribution < 1.29 is 18.8 Å². The molecule has 1 N–H and O–H groups in total. The van der Waals surface area contributed by atoms with Gasteiger partial charge in [0.1, 0.15) is 6.61 Å². The summed E-state index contributed by atoms with van der Waals surface area (Å²) in [5.41, 5.74) is 0.467. The summed E-state index contributed by atoms with van der Waals surface area (Å²) in [6.45, 7) is 13.6. The third kappa shape index (κ3) is 7.02. The Morgan fingerprint density at radius 1 is 1.20 bits per heavy atom. The number of methoxy groups -OCH3 is 1. The van der Waals surface area contributed by atoms with Gasteiger partial charge in [0, 0.05) is 36.6 Å². The predicted molar refractivity (Wildman–Crippen MR) is 116 cm³/mol. The van der Waals surface area contributed by atoms with Crippen LogP contribution in [0.1, 0.15) is 52.8 Å². The number of anilines is 1. The Labute approximate surface area is 178 Å². The molecule has 30 heavy (non-hydrogen) atoms. The molecule has 8 nitrogen and oxygen atoms in total. The van der Waals surface area contributed by atoms with Gasteiger partial charge in [-0.3, -0.25) is 4.79 Å². The van der Waals surface area contributed by atoms with Gasteiger partial charge in [-0.2, -0.15) is 4.98 Å². The molecule has 1 heterocycles. The van der Waals surface area contributed by atoms with Gasteiger partial charge in [0.05, 0.1) is 7.11 Å². The Balaban J connectivity index is 1.92. The van der Waals surface area contributed by atoms with E-state index in [1.165, 1.54) is 0 Å². The van der Waals surface area contributed by atoms with Crippen molar-refractivity contribution in [3.05, 3.63) is 29.9 Å². The largest absolute Gasteiger partial charge is 0.493 e. The van der Waals surface area contributed by atoms with E-state index in [9.17, 15) is 4.79 Å². The molecule has 0 aliphatic carbocycles. The van der Waals surface area contributed by atoms with Gasteiger partial charge in [-0.05, 0) is 25.2 Å². The quantitative estimate of drug-likeness (QED) is 0.595. The molecule has 0 spiro atoms. The average molecular weight is 419 g/mol. The zero-order valence-electron chi connectivity index (χ0n) is 18.9. The number of likely N-dealkylation sites (N-methyl/N-ethyl adjacent to an activating group) is 1. The number of amides is 1. The molecule has 0 fully saturated rings. The number of carbonyl (C=O) groups excluding carboxylic acids is 1. The van der Waals surface area contributed by atoms with Crippen LogP contribution in [0.2, 0.25) is 0 Å². The third-order valence-electron chi connectivity index (χ3n) is 4.71. The van der Waals surface area contributed by atoms with Crippen LogP contribution in [0.15, 0.2) is 22.7 Å². The maximum absolute atomic E-state index is 12.4. The number of benzene rings is 1. The molecule has 166 valence electrons. The van der Waals surface area contributed by atoms with Crippen LogP contribution in [0, 0.1) is 0 Å². The fourth-order valence-corrected chi connectivity index (χ4v) is 2.80. The maximum atomic E-state index is 12.4. The SMILES string of the molecule is CCN(CC)CCOc1cc(NC(=O)CCc2nc(C(C)(C)C)no2)ccc1OC. The first-order valence-electron chi connectivity index (χ1n) is 10.4. The Morgan fingerprint density at radius 3 is 2.53 bits per heavy atom. The first-order valence-corrected chi connectivity index (χ1v) is 10.4. The minimum absolute atomic E-state index is 0.134. The second-order valence-corrected chi connectivity index (χ2v) is 8.05. The fourth-order valence-electron chi connectivity index (χ4n) is 2.80. The molecular formula is C22H34N4O4. The van der Waals surface area contributed by atoms with Gasteiger partial charge in [-0.1, -0.05) is 39.8 Å². The summed E-state index contributed by atoms with van der Waals surface area (Å²) in [4.78, 5) is 19.0. The Hall–Kier alpha value is -2.61. The molecule has 1 amide bonds. The number of aryl methyl sites for hydroxylation is 1. The van der Waals surface area contributed by atoms with E-state index in [1.807, 2.05) is 20.8 Å². The molecule has 0 aliphatic heterocycles. The van der Waals surface area contributed by atoms with Crippen molar-refractivity contribution in [1.82, 2.24) is 15.0 Å². The molecule has 0 atom stereocenters. The highest BCUT2D eigenvalue weighted by molar-refractivity contribution is 5.91. The van der Waals surface area contributed by atoms with Crippen molar-refractivity contribution >= 4 is 11.6 Å². The molecule has 2 aromatic rings. The lowest BCUT2D eigenvalue weighted by Crippen LogP contribution is -2.28. The van der Waals surface area contributed by atoms with E-state index < -0.39 is 0 Å². The first-order chi connectivity index (χ1) is 14.3. The molecule has 0 radical (unpaired) electrons. The molecule has 0 aliphatic rings. The van der Waals surface area contributed by atoms with Gasteiger partial charge < -0.3 is 24.2 Å². The topological polar surface area (TPSA) is 89.7 Å². The lowest BCUT2D eigenvalue weighted by Gasteiger charge is -2.19. The molecular weight excluding hydrogens is 384 g/mol. The van der Waals surface area contributed by atoms with Gasteiger partial charge in [-0.15, -0.1) is 0 Å². The van der Waals surface area contributed by atoms with Crippen LogP contribution in [0.3, 0.4) is 0 Å². The van der Waals surface area contributed by atoms with Crippen molar-refractivity contribution in [1.29, 1.82) is 0 Å². The lowest BCUT2D eigenvalue weighted by molar-refractivity contribution is -0.116. The van der Waals surface area contributed by atoms with E-state index >= 15 is 0 Å². The number of rotatable bonds is 11. The molecule has 8 heteroatoms.